The van der Waals surface area contributed by atoms with Gasteiger partial charge in [0.25, 0.3) is 0 Å². The number of hydrogen-bond acceptors (Lipinski definition) is 5. The minimum atomic E-state index is -2.96. The van der Waals surface area contributed by atoms with Crippen molar-refractivity contribution in [2.75, 3.05) is 25.7 Å². The summed E-state index contributed by atoms with van der Waals surface area (Å²) < 4.78 is 28.0. The second-order valence-electron chi connectivity index (χ2n) is 6.21. The van der Waals surface area contributed by atoms with Crippen LogP contribution in [0, 0.1) is 13.8 Å². The van der Waals surface area contributed by atoms with Crippen LogP contribution in [0.25, 0.3) is 0 Å². The highest BCUT2D eigenvalue weighted by atomic mass is 32.2. The van der Waals surface area contributed by atoms with E-state index >= 15 is 0 Å². The van der Waals surface area contributed by atoms with E-state index in [4.69, 9.17) is 4.74 Å². The highest BCUT2D eigenvalue weighted by Gasteiger charge is 2.11. The van der Waals surface area contributed by atoms with Crippen molar-refractivity contribution in [2.45, 2.75) is 46.7 Å². The van der Waals surface area contributed by atoms with Gasteiger partial charge in [-0.1, -0.05) is 0 Å². The maximum absolute atomic E-state index is 11.3. The Morgan fingerprint density at radius 1 is 1.40 bits per heavy atom. The van der Waals surface area contributed by atoms with Crippen LogP contribution in [0.3, 0.4) is 0 Å². The van der Waals surface area contributed by atoms with E-state index in [0.717, 1.165) is 22.6 Å². The third kappa shape index (κ3) is 7.29. The van der Waals surface area contributed by atoms with E-state index in [9.17, 15) is 8.42 Å². The van der Waals surface area contributed by atoms with Crippen molar-refractivity contribution >= 4 is 15.8 Å². The second-order valence-corrected chi connectivity index (χ2v) is 8.47. The number of nitrogens with zero attached hydrogens (tertiary/aromatic N) is 2. The van der Waals surface area contributed by atoms with Crippen molar-refractivity contribution in [2.24, 2.45) is 4.99 Å². The van der Waals surface area contributed by atoms with Crippen LogP contribution < -0.4 is 15.4 Å². The SMILES string of the molecule is CCNC(=NCc1ncc(C)c(OC)c1C)NC(C)CCS(C)(=O)=O. The monoisotopic (exact) mass is 370 g/mol. The Labute approximate surface area is 151 Å². The Hall–Kier alpha value is -1.83. The summed E-state index contributed by atoms with van der Waals surface area (Å²) in [6.45, 7) is 8.98. The van der Waals surface area contributed by atoms with Crippen LogP contribution in [0.15, 0.2) is 11.2 Å². The fourth-order valence-electron chi connectivity index (χ4n) is 2.40. The first-order valence-corrected chi connectivity index (χ1v) is 10.5. The van der Waals surface area contributed by atoms with Crippen molar-refractivity contribution in [1.82, 2.24) is 15.6 Å². The zero-order valence-corrected chi connectivity index (χ0v) is 16.8. The summed E-state index contributed by atoms with van der Waals surface area (Å²) in [5.41, 5.74) is 2.82. The van der Waals surface area contributed by atoms with E-state index in [-0.39, 0.29) is 11.8 Å². The van der Waals surface area contributed by atoms with Gasteiger partial charge in [-0.05, 0) is 34.1 Å². The lowest BCUT2D eigenvalue weighted by Crippen LogP contribution is -2.42. The lowest BCUT2D eigenvalue weighted by atomic mass is 10.1. The summed E-state index contributed by atoms with van der Waals surface area (Å²) in [4.78, 5) is 9.01. The number of ether oxygens (including phenoxy) is 1. The molecule has 1 heterocycles. The van der Waals surface area contributed by atoms with Gasteiger partial charge in [0.05, 0.1) is 25.1 Å². The first-order valence-electron chi connectivity index (χ1n) is 8.39. The Kier molecular flexibility index (Phi) is 8.15. The molecule has 1 atom stereocenters. The predicted octanol–water partition coefficient (Wildman–Crippen LogP) is 1.59. The third-order valence-corrected chi connectivity index (χ3v) is 4.76. The van der Waals surface area contributed by atoms with Gasteiger partial charge in [-0.25, -0.2) is 13.4 Å². The van der Waals surface area contributed by atoms with Crippen LogP contribution in [0.2, 0.25) is 0 Å². The van der Waals surface area contributed by atoms with Crippen molar-refractivity contribution in [3.63, 3.8) is 0 Å². The molecule has 0 saturated heterocycles. The summed E-state index contributed by atoms with van der Waals surface area (Å²) >= 11 is 0. The van der Waals surface area contributed by atoms with E-state index < -0.39 is 9.84 Å². The Bertz CT molecular complexity index is 702. The molecule has 0 radical (unpaired) electrons. The molecule has 2 N–H and O–H groups in total. The van der Waals surface area contributed by atoms with Crippen molar-refractivity contribution in [3.8, 4) is 5.75 Å². The van der Waals surface area contributed by atoms with Crippen LogP contribution in [-0.2, 0) is 16.4 Å². The van der Waals surface area contributed by atoms with Crippen LogP contribution in [0.5, 0.6) is 5.75 Å². The smallest absolute Gasteiger partial charge is 0.191 e. The maximum Gasteiger partial charge on any atom is 0.191 e. The molecular weight excluding hydrogens is 340 g/mol. The number of guanidine groups is 1. The van der Waals surface area contributed by atoms with Crippen LogP contribution in [0.4, 0.5) is 0 Å². The zero-order chi connectivity index (χ0) is 19.0. The molecule has 0 aliphatic carbocycles. The zero-order valence-electron chi connectivity index (χ0n) is 16.0. The molecule has 0 aliphatic rings. The van der Waals surface area contributed by atoms with Gasteiger partial charge in [-0.3, -0.25) is 4.98 Å². The minimum Gasteiger partial charge on any atom is -0.496 e. The number of sulfone groups is 1. The van der Waals surface area contributed by atoms with Crippen molar-refractivity contribution < 1.29 is 13.2 Å². The van der Waals surface area contributed by atoms with Gasteiger partial charge >= 0.3 is 0 Å². The number of methoxy groups -OCH3 is 1. The maximum atomic E-state index is 11.3. The van der Waals surface area contributed by atoms with Gasteiger partial charge < -0.3 is 15.4 Å². The van der Waals surface area contributed by atoms with Gasteiger partial charge in [0.15, 0.2) is 5.96 Å². The number of hydrogen-bond donors (Lipinski definition) is 2. The molecule has 0 saturated carbocycles. The van der Waals surface area contributed by atoms with E-state index in [1.54, 1.807) is 13.3 Å². The summed E-state index contributed by atoms with van der Waals surface area (Å²) in [6.07, 6.45) is 3.56. The molecule has 1 unspecified atom stereocenters. The van der Waals surface area contributed by atoms with Crippen LogP contribution in [-0.4, -0.2) is 51.1 Å². The molecule has 0 aromatic carbocycles. The first-order chi connectivity index (χ1) is 11.7. The fraction of sp³-hybridized carbons (Fsp3) is 0.647. The molecule has 0 amide bonds. The quantitative estimate of drug-likeness (QED) is 0.533. The summed E-state index contributed by atoms with van der Waals surface area (Å²) in [5, 5.41) is 6.41. The lowest BCUT2D eigenvalue weighted by Gasteiger charge is -2.18. The van der Waals surface area contributed by atoms with Gasteiger partial charge in [-0.15, -0.1) is 0 Å². The molecule has 0 aliphatic heterocycles. The summed E-state index contributed by atoms with van der Waals surface area (Å²) in [5.74, 6) is 1.63. The van der Waals surface area contributed by atoms with Gasteiger partial charge in [0.1, 0.15) is 15.6 Å². The number of rotatable bonds is 8. The van der Waals surface area contributed by atoms with Gasteiger partial charge in [0.2, 0.25) is 0 Å². The fourth-order valence-corrected chi connectivity index (χ4v) is 3.18. The number of aliphatic imine (C=N–C) groups is 1. The number of nitrogens with one attached hydrogen (secondary N) is 2. The molecule has 25 heavy (non-hydrogen) atoms. The number of aromatic nitrogens is 1. The second kappa shape index (κ2) is 9.60. The van der Waals surface area contributed by atoms with E-state index in [1.807, 2.05) is 27.7 Å². The standard InChI is InChI=1S/C17H30N4O3S/c1-7-18-17(21-13(3)8-9-25(6,22)23)20-11-15-14(4)16(24-5)12(2)10-19-15/h10,13H,7-9,11H2,1-6H3,(H2,18,20,21). The summed E-state index contributed by atoms with van der Waals surface area (Å²) in [7, 11) is -1.31. The average Bonchev–Trinajstić information content (AvgIpc) is 2.52. The van der Waals surface area contributed by atoms with Crippen LogP contribution >= 0.6 is 0 Å². The number of pyridine rings is 1. The van der Waals surface area contributed by atoms with Crippen molar-refractivity contribution in [3.05, 3.63) is 23.0 Å². The highest BCUT2D eigenvalue weighted by Crippen LogP contribution is 2.24. The molecule has 142 valence electrons. The summed E-state index contributed by atoms with van der Waals surface area (Å²) in [6, 6.07) is -0.00543. The molecule has 1 aromatic rings. The lowest BCUT2D eigenvalue weighted by molar-refractivity contribution is 0.407. The molecule has 1 rings (SSSR count). The largest absolute Gasteiger partial charge is 0.496 e. The van der Waals surface area contributed by atoms with Crippen molar-refractivity contribution in [1.29, 1.82) is 0 Å². The van der Waals surface area contributed by atoms with E-state index in [1.165, 1.54) is 6.26 Å². The molecule has 0 spiro atoms. The topological polar surface area (TPSA) is 92.7 Å². The molecule has 1 aromatic heterocycles. The van der Waals surface area contributed by atoms with Gasteiger partial charge in [-0.2, -0.15) is 0 Å². The Morgan fingerprint density at radius 3 is 2.64 bits per heavy atom. The number of aryl methyl sites for hydroxylation is 1. The van der Waals surface area contributed by atoms with E-state index in [0.29, 0.717) is 25.5 Å². The first kappa shape index (κ1) is 21.2. The third-order valence-electron chi connectivity index (χ3n) is 3.79. The Morgan fingerprint density at radius 2 is 2.08 bits per heavy atom. The van der Waals surface area contributed by atoms with Crippen LogP contribution in [0.1, 0.15) is 37.1 Å². The normalized spacial score (nSPS) is 13.4. The Balaban J connectivity index is 2.82. The molecule has 0 fully saturated rings. The highest BCUT2D eigenvalue weighted by molar-refractivity contribution is 7.90. The van der Waals surface area contributed by atoms with Gasteiger partial charge in [0, 0.05) is 36.2 Å². The molecule has 0 bridgehead atoms. The van der Waals surface area contributed by atoms with E-state index in [2.05, 4.69) is 20.6 Å². The molecule has 8 heteroatoms. The predicted molar refractivity (Wildman–Crippen MR) is 102 cm³/mol. The average molecular weight is 371 g/mol. The molecule has 7 nitrogen and oxygen atoms in total. The molecular formula is C17H30N4O3S. The minimum absolute atomic E-state index is 0.00543.